The Kier molecular flexibility index (Phi) is 6.32. The van der Waals surface area contributed by atoms with E-state index in [0.717, 1.165) is 19.3 Å². The zero-order chi connectivity index (χ0) is 20.4. The molecule has 2 rings (SSSR count). The molecule has 0 heterocycles. The van der Waals surface area contributed by atoms with Crippen LogP contribution in [0.5, 0.6) is 0 Å². The first-order valence-electron chi connectivity index (χ1n) is 9.13. The fourth-order valence-electron chi connectivity index (χ4n) is 3.43. The maximum absolute atomic E-state index is 12.9. The predicted molar refractivity (Wildman–Crippen MR) is 102 cm³/mol. The van der Waals surface area contributed by atoms with Crippen molar-refractivity contribution in [3.63, 3.8) is 0 Å². The lowest BCUT2D eigenvalue weighted by Crippen LogP contribution is -2.56. The standard InChI is InChI=1S/C19H28N2O5S/c1-14(2)21(4)27(25,26)16-10-8-15(9-11-16)17(22)20(3)19(18(23)24)12-6-5-7-13-19/h8-11,14H,5-7,12-13H2,1-4H3,(H,23,24). The number of carboxylic acid groups (broad SMARTS) is 1. The fourth-order valence-corrected chi connectivity index (χ4v) is 4.80. The summed E-state index contributed by atoms with van der Waals surface area (Å²) in [5.41, 5.74) is -0.923. The lowest BCUT2D eigenvalue weighted by molar-refractivity contribution is -0.151. The summed E-state index contributed by atoms with van der Waals surface area (Å²) in [6, 6.07) is 5.48. The van der Waals surface area contributed by atoms with Gasteiger partial charge in [0, 0.05) is 25.7 Å². The number of sulfonamides is 1. The van der Waals surface area contributed by atoms with Gasteiger partial charge in [0.1, 0.15) is 5.54 Å². The van der Waals surface area contributed by atoms with E-state index in [9.17, 15) is 23.1 Å². The molecule has 1 aromatic rings. The number of likely N-dealkylation sites (N-methyl/N-ethyl adjacent to an activating group) is 1. The highest BCUT2D eigenvalue weighted by atomic mass is 32.2. The number of amides is 1. The second-order valence-corrected chi connectivity index (χ2v) is 9.40. The summed E-state index contributed by atoms with van der Waals surface area (Å²) >= 11 is 0. The highest BCUT2D eigenvalue weighted by Crippen LogP contribution is 2.34. The number of nitrogens with zero attached hydrogens (tertiary/aromatic N) is 2. The van der Waals surface area contributed by atoms with Crippen LogP contribution in [0, 0.1) is 0 Å². The number of carbonyl (C=O) groups is 2. The van der Waals surface area contributed by atoms with Crippen molar-refractivity contribution in [3.05, 3.63) is 29.8 Å². The topological polar surface area (TPSA) is 95.0 Å². The lowest BCUT2D eigenvalue weighted by atomic mass is 9.80. The smallest absolute Gasteiger partial charge is 0.329 e. The first-order chi connectivity index (χ1) is 12.5. The summed E-state index contributed by atoms with van der Waals surface area (Å²) in [6.45, 7) is 3.56. The summed E-state index contributed by atoms with van der Waals surface area (Å²) in [4.78, 5) is 26.2. The van der Waals surface area contributed by atoms with E-state index >= 15 is 0 Å². The van der Waals surface area contributed by atoms with Crippen molar-refractivity contribution < 1.29 is 23.1 Å². The quantitative estimate of drug-likeness (QED) is 0.797. The van der Waals surface area contributed by atoms with Crippen LogP contribution in [-0.2, 0) is 14.8 Å². The van der Waals surface area contributed by atoms with Gasteiger partial charge in [-0.3, -0.25) is 4.79 Å². The van der Waals surface area contributed by atoms with Gasteiger partial charge in [0.15, 0.2) is 0 Å². The largest absolute Gasteiger partial charge is 0.479 e. The number of carbonyl (C=O) groups excluding carboxylic acids is 1. The molecule has 1 aliphatic carbocycles. The number of rotatable bonds is 6. The number of carboxylic acids is 1. The molecule has 150 valence electrons. The summed E-state index contributed by atoms with van der Waals surface area (Å²) in [6.07, 6.45) is 3.35. The van der Waals surface area contributed by atoms with Crippen LogP contribution < -0.4 is 0 Å². The van der Waals surface area contributed by atoms with Gasteiger partial charge in [0.2, 0.25) is 10.0 Å². The molecule has 7 nitrogen and oxygen atoms in total. The highest BCUT2D eigenvalue weighted by Gasteiger charge is 2.45. The minimum Gasteiger partial charge on any atom is -0.479 e. The molecule has 1 fully saturated rings. The summed E-state index contributed by atoms with van der Waals surface area (Å²) in [5, 5.41) is 9.74. The van der Waals surface area contributed by atoms with E-state index in [1.54, 1.807) is 13.8 Å². The molecule has 0 unspecified atom stereocenters. The molecule has 0 spiro atoms. The zero-order valence-corrected chi connectivity index (χ0v) is 17.1. The molecule has 1 aromatic carbocycles. The third-order valence-electron chi connectivity index (χ3n) is 5.53. The SMILES string of the molecule is CC(C)N(C)S(=O)(=O)c1ccc(C(=O)N(C)C2(C(=O)O)CCCCC2)cc1. The second-order valence-electron chi connectivity index (χ2n) is 7.40. The van der Waals surface area contributed by atoms with E-state index < -0.39 is 27.4 Å². The Labute approximate surface area is 161 Å². The number of hydrogen-bond donors (Lipinski definition) is 1. The first kappa shape index (κ1) is 21.4. The molecule has 0 radical (unpaired) electrons. The van der Waals surface area contributed by atoms with Gasteiger partial charge >= 0.3 is 5.97 Å². The van der Waals surface area contributed by atoms with Crippen molar-refractivity contribution in [1.29, 1.82) is 0 Å². The molecule has 0 aliphatic heterocycles. The fraction of sp³-hybridized carbons (Fsp3) is 0.579. The molecule has 1 aliphatic rings. The third-order valence-corrected chi connectivity index (χ3v) is 7.58. The molecular weight excluding hydrogens is 368 g/mol. The maximum Gasteiger partial charge on any atom is 0.329 e. The molecule has 0 bridgehead atoms. The summed E-state index contributed by atoms with van der Waals surface area (Å²) in [5.74, 6) is -1.41. The van der Waals surface area contributed by atoms with Crippen molar-refractivity contribution in [2.45, 2.75) is 62.4 Å². The van der Waals surface area contributed by atoms with Crippen LogP contribution in [0.25, 0.3) is 0 Å². The van der Waals surface area contributed by atoms with E-state index in [0.29, 0.717) is 12.8 Å². The second kappa shape index (κ2) is 7.98. The molecule has 1 N–H and O–H groups in total. The minimum atomic E-state index is -3.63. The van der Waals surface area contributed by atoms with Crippen molar-refractivity contribution >= 4 is 21.9 Å². The van der Waals surface area contributed by atoms with Gasteiger partial charge in [-0.05, 0) is 51.0 Å². The predicted octanol–water partition coefficient (Wildman–Crippen LogP) is 2.58. The zero-order valence-electron chi connectivity index (χ0n) is 16.3. The number of benzene rings is 1. The third kappa shape index (κ3) is 4.01. The van der Waals surface area contributed by atoms with Gasteiger partial charge in [-0.15, -0.1) is 0 Å². The Morgan fingerprint density at radius 1 is 1.04 bits per heavy atom. The van der Waals surface area contributed by atoms with Crippen molar-refractivity contribution in [2.75, 3.05) is 14.1 Å². The molecule has 1 saturated carbocycles. The molecule has 8 heteroatoms. The van der Waals surface area contributed by atoms with Gasteiger partial charge in [-0.2, -0.15) is 4.31 Å². The van der Waals surface area contributed by atoms with Crippen molar-refractivity contribution in [3.8, 4) is 0 Å². The molecular formula is C19H28N2O5S. The van der Waals surface area contributed by atoms with Crippen LogP contribution in [0.2, 0.25) is 0 Å². The van der Waals surface area contributed by atoms with E-state index in [1.807, 2.05) is 0 Å². The Balaban J connectivity index is 2.28. The molecule has 1 amide bonds. The average molecular weight is 397 g/mol. The normalized spacial score (nSPS) is 17.1. The monoisotopic (exact) mass is 396 g/mol. The van der Waals surface area contributed by atoms with E-state index in [1.165, 1.54) is 47.6 Å². The Morgan fingerprint density at radius 3 is 2.00 bits per heavy atom. The van der Waals surface area contributed by atoms with E-state index in [2.05, 4.69) is 0 Å². The van der Waals surface area contributed by atoms with Gasteiger partial charge in [-0.1, -0.05) is 19.3 Å². The van der Waals surface area contributed by atoms with Gasteiger partial charge in [0.25, 0.3) is 5.91 Å². The average Bonchev–Trinajstić information content (AvgIpc) is 2.66. The Bertz CT molecular complexity index is 796. The molecule has 27 heavy (non-hydrogen) atoms. The van der Waals surface area contributed by atoms with Crippen LogP contribution in [0.4, 0.5) is 0 Å². The highest BCUT2D eigenvalue weighted by molar-refractivity contribution is 7.89. The number of hydrogen-bond acceptors (Lipinski definition) is 4. The molecule has 0 aromatic heterocycles. The maximum atomic E-state index is 12.9. The van der Waals surface area contributed by atoms with Crippen molar-refractivity contribution in [2.24, 2.45) is 0 Å². The first-order valence-corrected chi connectivity index (χ1v) is 10.6. The number of aliphatic carboxylic acids is 1. The van der Waals surface area contributed by atoms with E-state index in [4.69, 9.17) is 0 Å². The van der Waals surface area contributed by atoms with Gasteiger partial charge < -0.3 is 10.0 Å². The minimum absolute atomic E-state index is 0.100. The summed E-state index contributed by atoms with van der Waals surface area (Å²) in [7, 11) is -0.613. The summed E-state index contributed by atoms with van der Waals surface area (Å²) < 4.78 is 26.3. The Hall–Kier alpha value is -1.93. The lowest BCUT2D eigenvalue weighted by Gasteiger charge is -2.41. The van der Waals surface area contributed by atoms with Crippen LogP contribution in [0.3, 0.4) is 0 Å². The van der Waals surface area contributed by atoms with Gasteiger partial charge in [0.05, 0.1) is 4.90 Å². The van der Waals surface area contributed by atoms with Crippen LogP contribution in [-0.4, -0.2) is 60.3 Å². The Morgan fingerprint density at radius 2 is 1.56 bits per heavy atom. The van der Waals surface area contributed by atoms with Crippen LogP contribution in [0.1, 0.15) is 56.3 Å². The molecule has 0 saturated heterocycles. The van der Waals surface area contributed by atoms with Crippen molar-refractivity contribution in [1.82, 2.24) is 9.21 Å². The van der Waals surface area contributed by atoms with Gasteiger partial charge in [-0.25, -0.2) is 13.2 Å². The molecule has 0 atom stereocenters. The van der Waals surface area contributed by atoms with Crippen LogP contribution >= 0.6 is 0 Å². The van der Waals surface area contributed by atoms with Crippen LogP contribution in [0.15, 0.2) is 29.2 Å². The van der Waals surface area contributed by atoms with E-state index in [-0.39, 0.29) is 16.5 Å².